The first-order valence-corrected chi connectivity index (χ1v) is 6.15. The Morgan fingerprint density at radius 3 is 2.88 bits per heavy atom. The van der Waals surface area contributed by atoms with Crippen LogP contribution in [0.1, 0.15) is 18.5 Å². The molecule has 1 rings (SSSR count). The number of ether oxygens (including phenoxy) is 1. The molecule has 6 heteroatoms. The number of nitrogens with two attached hydrogens (primary N) is 1. The van der Waals surface area contributed by atoms with E-state index in [0.717, 1.165) is 0 Å². The second kappa shape index (κ2) is 6.33. The van der Waals surface area contributed by atoms with Gasteiger partial charge in [0.25, 0.3) is 0 Å². The van der Waals surface area contributed by atoms with Gasteiger partial charge in [0.1, 0.15) is 0 Å². The summed E-state index contributed by atoms with van der Waals surface area (Å²) in [5, 5.41) is 0.426. The molecule has 94 valence electrons. The van der Waals surface area contributed by atoms with Crippen LogP contribution in [0.5, 0.6) is 0 Å². The molecule has 1 aromatic rings. The summed E-state index contributed by atoms with van der Waals surface area (Å²) in [6.45, 7) is 1.72. The van der Waals surface area contributed by atoms with Crippen molar-refractivity contribution in [3.63, 3.8) is 0 Å². The molecule has 1 aromatic carbocycles. The molecule has 17 heavy (non-hydrogen) atoms. The Morgan fingerprint density at radius 2 is 2.29 bits per heavy atom. The van der Waals surface area contributed by atoms with Crippen LogP contribution in [0.3, 0.4) is 0 Å². The molecule has 3 nitrogen and oxygen atoms in total. The van der Waals surface area contributed by atoms with Crippen molar-refractivity contribution in [1.29, 1.82) is 0 Å². The summed E-state index contributed by atoms with van der Waals surface area (Å²) >= 11 is 9.02. The van der Waals surface area contributed by atoms with E-state index in [2.05, 4.69) is 20.7 Å². The second-order valence-electron chi connectivity index (χ2n) is 3.35. The third-order valence-electron chi connectivity index (χ3n) is 2.14. The van der Waals surface area contributed by atoms with Crippen molar-refractivity contribution >= 4 is 33.5 Å². The molecule has 0 fully saturated rings. The Bertz CT molecular complexity index is 416. The monoisotopic (exact) mass is 323 g/mol. The number of hydrogen-bond donors (Lipinski definition) is 1. The van der Waals surface area contributed by atoms with Gasteiger partial charge in [0.15, 0.2) is 0 Å². The summed E-state index contributed by atoms with van der Waals surface area (Å²) in [4.78, 5) is 11.2. The van der Waals surface area contributed by atoms with E-state index >= 15 is 0 Å². The van der Waals surface area contributed by atoms with Crippen LogP contribution in [-0.4, -0.2) is 18.7 Å². The fraction of sp³-hybridized carbons (Fsp3) is 0.364. The van der Waals surface area contributed by atoms with E-state index in [-0.39, 0.29) is 6.61 Å². The second-order valence-corrected chi connectivity index (χ2v) is 4.64. The van der Waals surface area contributed by atoms with Gasteiger partial charge < -0.3 is 10.5 Å². The average molecular weight is 325 g/mol. The van der Waals surface area contributed by atoms with Gasteiger partial charge in [-0.2, -0.15) is 0 Å². The van der Waals surface area contributed by atoms with Crippen LogP contribution in [0.2, 0.25) is 5.02 Å². The molecule has 0 radical (unpaired) electrons. The third-order valence-corrected chi connectivity index (χ3v) is 3.10. The van der Waals surface area contributed by atoms with Gasteiger partial charge in [-0.05, 0) is 30.7 Å². The number of hydrogen-bond acceptors (Lipinski definition) is 3. The predicted molar refractivity (Wildman–Crippen MR) is 67.6 cm³/mol. The van der Waals surface area contributed by atoms with Gasteiger partial charge in [-0.3, -0.25) is 0 Å². The van der Waals surface area contributed by atoms with Crippen LogP contribution < -0.4 is 5.73 Å². The standard InChI is InChI=1S/C11H12BrClFNO2/c1-2-17-11(16)9(14)10(15)7-5-6(13)3-4-8(7)12/h3-5,9-10H,2,15H2,1H3/t9?,10-/m0/s1. The summed E-state index contributed by atoms with van der Waals surface area (Å²) < 4.78 is 18.9. The predicted octanol–water partition coefficient (Wildman–Crippen LogP) is 3.00. The molecule has 2 N–H and O–H groups in total. The molecule has 0 aliphatic rings. The highest BCUT2D eigenvalue weighted by atomic mass is 79.9. The van der Waals surface area contributed by atoms with Crippen LogP contribution in [-0.2, 0) is 9.53 Å². The maximum atomic E-state index is 13.7. The summed E-state index contributed by atoms with van der Waals surface area (Å²) in [5.41, 5.74) is 6.10. The molecule has 0 saturated heterocycles. The SMILES string of the molecule is CCOC(=O)C(F)[C@@H](N)c1cc(Cl)ccc1Br. The van der Waals surface area contributed by atoms with E-state index in [1.807, 2.05) is 0 Å². The molecular weight excluding hydrogens is 312 g/mol. The van der Waals surface area contributed by atoms with E-state index in [1.165, 1.54) is 6.07 Å². The smallest absolute Gasteiger partial charge is 0.342 e. The van der Waals surface area contributed by atoms with Gasteiger partial charge in [0.2, 0.25) is 6.17 Å². The molecule has 2 atom stereocenters. The van der Waals surface area contributed by atoms with Crippen LogP contribution in [0, 0.1) is 0 Å². The zero-order chi connectivity index (χ0) is 13.0. The normalized spacial score (nSPS) is 14.2. The van der Waals surface area contributed by atoms with E-state index in [4.69, 9.17) is 17.3 Å². The topological polar surface area (TPSA) is 52.3 Å². The minimum Gasteiger partial charge on any atom is -0.464 e. The zero-order valence-corrected chi connectivity index (χ0v) is 11.5. The van der Waals surface area contributed by atoms with Gasteiger partial charge >= 0.3 is 5.97 Å². The van der Waals surface area contributed by atoms with Crippen molar-refractivity contribution in [1.82, 2.24) is 0 Å². The van der Waals surface area contributed by atoms with Crippen molar-refractivity contribution in [2.45, 2.75) is 19.1 Å². The maximum absolute atomic E-state index is 13.7. The number of esters is 1. The lowest BCUT2D eigenvalue weighted by molar-refractivity contribution is -0.149. The molecule has 0 spiro atoms. The van der Waals surface area contributed by atoms with Gasteiger partial charge in [-0.25, -0.2) is 9.18 Å². The first kappa shape index (κ1) is 14.4. The molecule has 0 heterocycles. The summed E-state index contributed by atoms with van der Waals surface area (Å²) in [5.74, 6) is -0.966. The van der Waals surface area contributed by atoms with E-state index < -0.39 is 18.2 Å². The molecule has 0 saturated carbocycles. The summed E-state index contributed by atoms with van der Waals surface area (Å²) in [6.07, 6.45) is -1.91. The van der Waals surface area contributed by atoms with E-state index in [1.54, 1.807) is 19.1 Å². The van der Waals surface area contributed by atoms with Crippen molar-refractivity contribution in [2.75, 3.05) is 6.61 Å². The number of carbonyl (C=O) groups is 1. The summed E-state index contributed by atoms with van der Waals surface area (Å²) in [6, 6.07) is 3.69. The Labute approximate surface area is 112 Å². The van der Waals surface area contributed by atoms with Crippen LogP contribution in [0.25, 0.3) is 0 Å². The average Bonchev–Trinajstić information content (AvgIpc) is 2.30. The maximum Gasteiger partial charge on any atom is 0.342 e. The lowest BCUT2D eigenvalue weighted by Crippen LogP contribution is -2.31. The number of carbonyl (C=O) groups excluding carboxylic acids is 1. The number of halogens is 3. The first-order chi connectivity index (χ1) is 7.97. The number of rotatable bonds is 4. The molecule has 0 aromatic heterocycles. The Morgan fingerprint density at radius 1 is 1.65 bits per heavy atom. The van der Waals surface area contributed by atoms with Gasteiger partial charge in [0.05, 0.1) is 12.6 Å². The van der Waals surface area contributed by atoms with Crippen molar-refractivity contribution < 1.29 is 13.9 Å². The zero-order valence-electron chi connectivity index (χ0n) is 9.12. The number of alkyl halides is 1. The minimum atomic E-state index is -1.91. The molecule has 0 aliphatic carbocycles. The first-order valence-electron chi connectivity index (χ1n) is 4.98. The molecular formula is C11H12BrClFNO2. The van der Waals surface area contributed by atoms with Crippen LogP contribution in [0.4, 0.5) is 4.39 Å². The molecule has 0 aliphatic heterocycles. The van der Waals surface area contributed by atoms with Gasteiger partial charge in [-0.15, -0.1) is 0 Å². The van der Waals surface area contributed by atoms with Crippen LogP contribution >= 0.6 is 27.5 Å². The Kier molecular flexibility index (Phi) is 5.36. The van der Waals surface area contributed by atoms with Gasteiger partial charge in [-0.1, -0.05) is 27.5 Å². The van der Waals surface area contributed by atoms with Gasteiger partial charge in [0, 0.05) is 9.50 Å². The minimum absolute atomic E-state index is 0.114. The van der Waals surface area contributed by atoms with Crippen molar-refractivity contribution in [3.05, 3.63) is 33.3 Å². The molecule has 0 bridgehead atoms. The largest absolute Gasteiger partial charge is 0.464 e. The highest BCUT2D eigenvalue weighted by molar-refractivity contribution is 9.10. The third kappa shape index (κ3) is 3.66. The van der Waals surface area contributed by atoms with E-state index in [9.17, 15) is 9.18 Å². The van der Waals surface area contributed by atoms with Crippen molar-refractivity contribution in [3.8, 4) is 0 Å². The van der Waals surface area contributed by atoms with Crippen molar-refractivity contribution in [2.24, 2.45) is 5.73 Å². The summed E-state index contributed by atoms with van der Waals surface area (Å²) in [7, 11) is 0. The highest BCUT2D eigenvalue weighted by Crippen LogP contribution is 2.28. The highest BCUT2D eigenvalue weighted by Gasteiger charge is 2.29. The lowest BCUT2D eigenvalue weighted by Gasteiger charge is -2.17. The number of benzene rings is 1. The fourth-order valence-corrected chi connectivity index (χ4v) is 1.99. The van der Waals surface area contributed by atoms with Crippen LogP contribution in [0.15, 0.2) is 22.7 Å². The quantitative estimate of drug-likeness (QED) is 0.866. The van der Waals surface area contributed by atoms with E-state index in [0.29, 0.717) is 15.1 Å². The molecule has 1 unspecified atom stereocenters. The fourth-order valence-electron chi connectivity index (χ4n) is 1.30. The Hall–Kier alpha value is -0.650. The Balaban J connectivity index is 2.91. The molecule has 0 amide bonds. The lowest BCUT2D eigenvalue weighted by atomic mass is 10.0.